The maximum absolute atomic E-state index is 13.2. The average molecular weight is 469 g/mol. The number of nitrogens with zero attached hydrogens (tertiary/aromatic N) is 5. The van der Waals surface area contributed by atoms with Crippen molar-refractivity contribution < 1.29 is 9.18 Å². The van der Waals surface area contributed by atoms with E-state index in [9.17, 15) is 9.18 Å². The van der Waals surface area contributed by atoms with E-state index < -0.39 is 0 Å². The van der Waals surface area contributed by atoms with Crippen molar-refractivity contribution in [1.29, 1.82) is 0 Å². The summed E-state index contributed by atoms with van der Waals surface area (Å²) in [5.41, 5.74) is 15.2. The number of rotatable bonds is 5. The molecular formula is C27H25FN6O. The highest BCUT2D eigenvalue weighted by molar-refractivity contribution is 5.87. The van der Waals surface area contributed by atoms with E-state index in [0.717, 1.165) is 60.3 Å². The molecule has 8 heteroatoms. The van der Waals surface area contributed by atoms with E-state index in [-0.39, 0.29) is 17.6 Å². The molecule has 176 valence electrons. The van der Waals surface area contributed by atoms with Crippen molar-refractivity contribution in [2.45, 2.75) is 25.7 Å². The number of likely N-dealkylation sites (tertiary alicyclic amines) is 1. The number of aldehydes is 1. The van der Waals surface area contributed by atoms with Crippen molar-refractivity contribution in [1.82, 2.24) is 24.5 Å². The molecule has 2 N–H and O–H groups in total. The lowest BCUT2D eigenvalue weighted by Crippen LogP contribution is -2.32. The van der Waals surface area contributed by atoms with E-state index in [4.69, 9.17) is 10.7 Å². The Labute approximate surface area is 202 Å². The summed E-state index contributed by atoms with van der Waals surface area (Å²) in [6, 6.07) is 10.0. The number of carbonyl (C=O) groups is 1. The molecule has 1 aliphatic rings. The topological polar surface area (TPSA) is 89.4 Å². The summed E-state index contributed by atoms with van der Waals surface area (Å²) in [7, 11) is 0. The first kappa shape index (κ1) is 22.5. The molecule has 0 bridgehead atoms. The zero-order valence-electron chi connectivity index (χ0n) is 19.4. The lowest BCUT2D eigenvalue weighted by Gasteiger charge is -2.33. The van der Waals surface area contributed by atoms with E-state index in [2.05, 4.69) is 27.3 Å². The number of hydrogen-bond acceptors (Lipinski definition) is 6. The second-order valence-corrected chi connectivity index (χ2v) is 8.67. The monoisotopic (exact) mass is 468 g/mol. The Hall–Kier alpha value is -4.29. The number of hydrogen-bond donors (Lipinski definition) is 1. The van der Waals surface area contributed by atoms with Gasteiger partial charge in [0.25, 0.3) is 0 Å². The lowest BCUT2D eigenvalue weighted by molar-refractivity contribution is 0.112. The van der Waals surface area contributed by atoms with Crippen LogP contribution in [0.1, 0.15) is 41.7 Å². The van der Waals surface area contributed by atoms with Crippen LogP contribution in [0.15, 0.2) is 66.8 Å². The van der Waals surface area contributed by atoms with E-state index in [1.807, 2.05) is 19.1 Å². The summed E-state index contributed by atoms with van der Waals surface area (Å²) in [6.45, 7) is 7.41. The quantitative estimate of drug-likeness (QED) is 0.332. The Balaban J connectivity index is 1.51. The van der Waals surface area contributed by atoms with Gasteiger partial charge >= 0.3 is 0 Å². The largest absolute Gasteiger partial charge is 0.383 e. The number of fused-ring (bicyclic) bond motifs is 1. The second-order valence-electron chi connectivity index (χ2n) is 8.67. The summed E-state index contributed by atoms with van der Waals surface area (Å²) >= 11 is 0. The molecule has 7 nitrogen and oxygen atoms in total. The number of nitrogen functional groups attached to an aromatic ring is 1. The van der Waals surface area contributed by atoms with Gasteiger partial charge in [0.05, 0.1) is 28.8 Å². The van der Waals surface area contributed by atoms with Crippen molar-refractivity contribution in [2.24, 2.45) is 0 Å². The molecule has 4 aromatic rings. The molecule has 1 saturated heterocycles. The van der Waals surface area contributed by atoms with Gasteiger partial charge in [0.2, 0.25) is 0 Å². The number of nitrogens with two attached hydrogens (primary N) is 1. The third-order valence-corrected chi connectivity index (χ3v) is 6.69. The zero-order valence-corrected chi connectivity index (χ0v) is 19.4. The molecule has 0 saturated carbocycles. The summed E-state index contributed by atoms with van der Waals surface area (Å²) in [5, 5.41) is 4.40. The first-order valence-electron chi connectivity index (χ1n) is 11.5. The van der Waals surface area contributed by atoms with Gasteiger partial charge in [-0.2, -0.15) is 9.61 Å². The molecule has 5 rings (SSSR count). The molecule has 0 unspecified atom stereocenters. The molecule has 0 radical (unpaired) electrons. The predicted octanol–water partition coefficient (Wildman–Crippen LogP) is 4.86. The molecule has 4 heterocycles. The van der Waals surface area contributed by atoms with E-state index >= 15 is 0 Å². The van der Waals surface area contributed by atoms with Crippen LogP contribution < -0.4 is 5.73 Å². The highest BCUT2D eigenvalue weighted by Crippen LogP contribution is 2.34. The van der Waals surface area contributed by atoms with Crippen LogP contribution in [-0.4, -0.2) is 43.9 Å². The fraction of sp³-hybridized carbons (Fsp3) is 0.222. The fourth-order valence-electron chi connectivity index (χ4n) is 4.63. The van der Waals surface area contributed by atoms with Gasteiger partial charge in [0.1, 0.15) is 11.6 Å². The minimum absolute atomic E-state index is 0.109. The molecule has 0 aliphatic carbocycles. The SMILES string of the molecule is C=C=C(C)N1CCC(c2nc3c(-c4ccc(-c5ccc(F)cc5)nc4)cnn3c(N)c2C=O)CC1. The van der Waals surface area contributed by atoms with Crippen LogP contribution in [0.2, 0.25) is 0 Å². The number of benzene rings is 1. The zero-order chi connectivity index (χ0) is 24.5. The molecule has 0 atom stereocenters. The van der Waals surface area contributed by atoms with Gasteiger partial charge in [-0.3, -0.25) is 9.78 Å². The number of allylic oxidation sites excluding steroid dienone is 1. The fourth-order valence-corrected chi connectivity index (χ4v) is 4.63. The standard InChI is InChI=1S/C27H25FN6O/c1-3-17(2)33-12-10-19(11-13-33)25-23(16-35)26(29)34-27(32-25)22(15-31-34)20-6-9-24(30-14-20)18-4-7-21(28)8-5-18/h4-9,14-16,19H,1,10-13,29H2,2H3. The maximum Gasteiger partial charge on any atom is 0.165 e. The third kappa shape index (κ3) is 4.09. The van der Waals surface area contributed by atoms with Crippen molar-refractivity contribution in [3.63, 3.8) is 0 Å². The van der Waals surface area contributed by atoms with Gasteiger partial charge in [0, 0.05) is 41.9 Å². The normalized spacial score (nSPS) is 14.2. The first-order valence-corrected chi connectivity index (χ1v) is 11.5. The number of pyridine rings is 1. The minimum Gasteiger partial charge on any atom is -0.383 e. The Morgan fingerprint density at radius 2 is 1.86 bits per heavy atom. The predicted molar refractivity (Wildman–Crippen MR) is 133 cm³/mol. The number of carbonyl (C=O) groups excluding carboxylic acids is 1. The number of halogens is 1. The number of piperidine rings is 1. The molecule has 3 aromatic heterocycles. The minimum atomic E-state index is -0.288. The van der Waals surface area contributed by atoms with Crippen LogP contribution in [0.25, 0.3) is 28.0 Å². The van der Waals surface area contributed by atoms with Crippen LogP contribution >= 0.6 is 0 Å². The van der Waals surface area contributed by atoms with E-state index in [1.165, 1.54) is 16.6 Å². The van der Waals surface area contributed by atoms with Crippen molar-refractivity contribution in [3.05, 3.63) is 83.9 Å². The summed E-state index contributed by atoms with van der Waals surface area (Å²) in [5.74, 6) is 0.105. The number of anilines is 1. The van der Waals surface area contributed by atoms with Gasteiger partial charge in [-0.15, -0.1) is 5.73 Å². The average Bonchev–Trinajstić information content (AvgIpc) is 3.33. The van der Waals surface area contributed by atoms with Crippen LogP contribution in [0, 0.1) is 5.82 Å². The van der Waals surface area contributed by atoms with Crippen molar-refractivity contribution in [2.75, 3.05) is 18.8 Å². The number of aromatic nitrogens is 4. The molecule has 1 aromatic carbocycles. The summed E-state index contributed by atoms with van der Waals surface area (Å²) < 4.78 is 14.8. The van der Waals surface area contributed by atoms with Gasteiger partial charge in [0.15, 0.2) is 11.9 Å². The maximum atomic E-state index is 13.2. The van der Waals surface area contributed by atoms with Crippen LogP contribution in [-0.2, 0) is 0 Å². The first-order chi connectivity index (χ1) is 17.0. The molecule has 35 heavy (non-hydrogen) atoms. The van der Waals surface area contributed by atoms with Crippen LogP contribution in [0.4, 0.5) is 10.2 Å². The van der Waals surface area contributed by atoms with Gasteiger partial charge in [-0.1, -0.05) is 12.6 Å². The van der Waals surface area contributed by atoms with Gasteiger partial charge < -0.3 is 10.6 Å². The third-order valence-electron chi connectivity index (χ3n) is 6.69. The van der Waals surface area contributed by atoms with E-state index in [0.29, 0.717) is 16.9 Å². The summed E-state index contributed by atoms with van der Waals surface area (Å²) in [4.78, 5) is 23.7. The molecular weight excluding hydrogens is 443 g/mol. The Bertz CT molecular complexity index is 1440. The Kier molecular flexibility index (Phi) is 5.89. The molecule has 0 amide bonds. The molecule has 0 spiro atoms. The van der Waals surface area contributed by atoms with Crippen molar-refractivity contribution >= 4 is 17.8 Å². The van der Waals surface area contributed by atoms with Crippen LogP contribution in [0.5, 0.6) is 0 Å². The summed E-state index contributed by atoms with van der Waals surface area (Å²) in [6.07, 6.45) is 5.90. The Morgan fingerprint density at radius 3 is 2.49 bits per heavy atom. The molecule has 1 aliphatic heterocycles. The van der Waals surface area contributed by atoms with Gasteiger partial charge in [-0.25, -0.2) is 9.37 Å². The van der Waals surface area contributed by atoms with Gasteiger partial charge in [-0.05, 0) is 50.1 Å². The highest BCUT2D eigenvalue weighted by Gasteiger charge is 2.27. The lowest BCUT2D eigenvalue weighted by atomic mass is 9.90. The molecule has 1 fully saturated rings. The van der Waals surface area contributed by atoms with Crippen LogP contribution in [0.3, 0.4) is 0 Å². The van der Waals surface area contributed by atoms with Crippen molar-refractivity contribution in [3.8, 4) is 22.4 Å². The smallest absolute Gasteiger partial charge is 0.165 e. The Morgan fingerprint density at radius 1 is 1.14 bits per heavy atom. The second kappa shape index (κ2) is 9.16. The van der Waals surface area contributed by atoms with E-state index in [1.54, 1.807) is 24.5 Å². The highest BCUT2D eigenvalue weighted by atomic mass is 19.1.